The number of nitrogens with zero attached hydrogens (tertiary/aromatic N) is 1. The third-order valence-corrected chi connectivity index (χ3v) is 6.01. The Hall–Kier alpha value is -4.20. The van der Waals surface area contributed by atoms with Gasteiger partial charge in [-0.05, 0) is 48.0 Å². The summed E-state index contributed by atoms with van der Waals surface area (Å²) in [6.07, 6.45) is 1.32. The van der Waals surface area contributed by atoms with Gasteiger partial charge in [-0.15, -0.1) is 0 Å². The van der Waals surface area contributed by atoms with Gasteiger partial charge in [0.25, 0.3) is 0 Å². The zero-order valence-corrected chi connectivity index (χ0v) is 20.4. The van der Waals surface area contributed by atoms with Crippen molar-refractivity contribution in [2.45, 2.75) is 6.92 Å². The van der Waals surface area contributed by atoms with Crippen molar-refractivity contribution in [1.29, 1.82) is 0 Å². The maximum atomic E-state index is 12.7. The first-order valence-electron chi connectivity index (χ1n) is 10.7. The van der Waals surface area contributed by atoms with Gasteiger partial charge in [0, 0.05) is 5.56 Å². The van der Waals surface area contributed by atoms with Crippen LogP contribution in [0.1, 0.15) is 21.5 Å². The molecule has 4 aromatic carbocycles. The molecule has 4 aromatic rings. The van der Waals surface area contributed by atoms with Crippen molar-refractivity contribution in [3.63, 3.8) is 0 Å². The van der Waals surface area contributed by atoms with E-state index in [1.807, 2.05) is 49.4 Å². The largest absolute Gasteiger partial charge is 0.422 e. The monoisotopic (exact) mass is 519 g/mol. The van der Waals surface area contributed by atoms with E-state index in [0.29, 0.717) is 11.1 Å². The van der Waals surface area contributed by atoms with Crippen LogP contribution >= 0.6 is 23.2 Å². The number of hydrazone groups is 1. The van der Waals surface area contributed by atoms with E-state index < -0.39 is 17.8 Å². The van der Waals surface area contributed by atoms with Crippen LogP contribution in [0.15, 0.2) is 84.0 Å². The van der Waals surface area contributed by atoms with E-state index in [2.05, 4.69) is 15.8 Å². The first-order chi connectivity index (χ1) is 17.3. The SMILES string of the molecule is Cc1ccc(C(=O)Oc2ccc3ccccc3c2/C=N/NC(=O)C(=O)Nc2cccc(Cl)c2Cl)cc1. The lowest BCUT2D eigenvalue weighted by molar-refractivity contribution is -0.136. The van der Waals surface area contributed by atoms with Gasteiger partial charge in [0.15, 0.2) is 0 Å². The first-order valence-corrected chi connectivity index (χ1v) is 11.5. The fourth-order valence-electron chi connectivity index (χ4n) is 3.33. The molecule has 0 aliphatic rings. The van der Waals surface area contributed by atoms with E-state index in [0.717, 1.165) is 16.3 Å². The number of aryl methyl sites for hydroxylation is 1. The molecule has 0 fully saturated rings. The van der Waals surface area contributed by atoms with E-state index in [1.54, 1.807) is 30.3 Å². The van der Waals surface area contributed by atoms with Crippen LogP contribution in [-0.4, -0.2) is 24.0 Å². The Morgan fingerprint density at radius 1 is 0.861 bits per heavy atom. The molecule has 180 valence electrons. The van der Waals surface area contributed by atoms with Gasteiger partial charge in [0.2, 0.25) is 0 Å². The van der Waals surface area contributed by atoms with Crippen molar-refractivity contribution in [3.05, 3.63) is 106 Å². The molecule has 0 atom stereocenters. The van der Waals surface area contributed by atoms with Gasteiger partial charge in [0.05, 0.1) is 27.5 Å². The van der Waals surface area contributed by atoms with Crippen molar-refractivity contribution in [1.82, 2.24) is 5.43 Å². The van der Waals surface area contributed by atoms with E-state index in [4.69, 9.17) is 27.9 Å². The van der Waals surface area contributed by atoms with Crippen LogP contribution in [0.25, 0.3) is 10.8 Å². The summed E-state index contributed by atoms with van der Waals surface area (Å²) in [5.41, 5.74) is 4.22. The fraction of sp³-hybridized carbons (Fsp3) is 0.0370. The summed E-state index contributed by atoms with van der Waals surface area (Å²) in [6.45, 7) is 1.92. The molecule has 2 N–H and O–H groups in total. The lowest BCUT2D eigenvalue weighted by atomic mass is 10.0. The molecule has 0 aromatic heterocycles. The zero-order chi connectivity index (χ0) is 25.7. The fourth-order valence-corrected chi connectivity index (χ4v) is 3.68. The minimum Gasteiger partial charge on any atom is -0.422 e. The number of carbonyl (C=O) groups excluding carboxylic acids is 3. The summed E-state index contributed by atoms with van der Waals surface area (Å²) < 4.78 is 5.64. The van der Waals surface area contributed by atoms with Crippen molar-refractivity contribution in [2.75, 3.05) is 5.32 Å². The summed E-state index contributed by atoms with van der Waals surface area (Å²) in [6, 6.07) is 22.5. The number of carbonyl (C=O) groups is 3. The van der Waals surface area contributed by atoms with E-state index in [9.17, 15) is 14.4 Å². The van der Waals surface area contributed by atoms with Crippen LogP contribution in [-0.2, 0) is 9.59 Å². The lowest BCUT2D eigenvalue weighted by Crippen LogP contribution is -2.32. The van der Waals surface area contributed by atoms with Crippen LogP contribution in [0.5, 0.6) is 5.75 Å². The summed E-state index contributed by atoms with van der Waals surface area (Å²) in [5.74, 6) is -2.31. The van der Waals surface area contributed by atoms with Gasteiger partial charge in [-0.3, -0.25) is 9.59 Å². The molecular weight excluding hydrogens is 501 g/mol. The Kier molecular flexibility index (Phi) is 7.63. The molecule has 0 aliphatic carbocycles. The van der Waals surface area contributed by atoms with E-state index in [-0.39, 0.29) is 21.5 Å². The quantitative estimate of drug-likeness (QED) is 0.115. The second kappa shape index (κ2) is 11.0. The summed E-state index contributed by atoms with van der Waals surface area (Å²) in [4.78, 5) is 37.2. The predicted molar refractivity (Wildman–Crippen MR) is 141 cm³/mol. The molecule has 0 heterocycles. The number of rotatable bonds is 5. The van der Waals surface area contributed by atoms with Crippen molar-refractivity contribution in [3.8, 4) is 5.75 Å². The normalized spacial score (nSPS) is 10.9. The summed E-state index contributed by atoms with van der Waals surface area (Å²) >= 11 is 12.0. The summed E-state index contributed by atoms with van der Waals surface area (Å²) in [5, 5.41) is 8.24. The van der Waals surface area contributed by atoms with Crippen molar-refractivity contribution in [2.24, 2.45) is 5.10 Å². The van der Waals surface area contributed by atoms with Gasteiger partial charge in [-0.1, -0.05) is 77.3 Å². The highest BCUT2D eigenvalue weighted by Crippen LogP contribution is 2.30. The van der Waals surface area contributed by atoms with Gasteiger partial charge < -0.3 is 10.1 Å². The molecule has 0 aliphatic heterocycles. The second-order valence-electron chi connectivity index (χ2n) is 7.71. The number of esters is 1. The van der Waals surface area contributed by atoms with Crippen LogP contribution in [0.4, 0.5) is 5.69 Å². The maximum Gasteiger partial charge on any atom is 0.343 e. The minimum absolute atomic E-state index is 0.111. The van der Waals surface area contributed by atoms with Crippen LogP contribution < -0.4 is 15.5 Å². The second-order valence-corrected chi connectivity index (χ2v) is 8.49. The smallest absolute Gasteiger partial charge is 0.343 e. The van der Waals surface area contributed by atoms with Crippen molar-refractivity contribution >= 4 is 63.7 Å². The van der Waals surface area contributed by atoms with Crippen LogP contribution in [0.2, 0.25) is 10.0 Å². The number of ether oxygens (including phenoxy) is 1. The number of fused-ring (bicyclic) bond motifs is 1. The summed E-state index contributed by atoms with van der Waals surface area (Å²) in [7, 11) is 0. The molecule has 7 nitrogen and oxygen atoms in total. The average Bonchev–Trinajstić information content (AvgIpc) is 2.88. The Morgan fingerprint density at radius 2 is 1.61 bits per heavy atom. The molecule has 36 heavy (non-hydrogen) atoms. The van der Waals surface area contributed by atoms with Gasteiger partial charge in [0.1, 0.15) is 5.75 Å². The van der Waals surface area contributed by atoms with Gasteiger partial charge >= 0.3 is 17.8 Å². The highest BCUT2D eigenvalue weighted by atomic mass is 35.5. The highest BCUT2D eigenvalue weighted by Gasteiger charge is 2.17. The number of benzene rings is 4. The Morgan fingerprint density at radius 3 is 2.39 bits per heavy atom. The van der Waals surface area contributed by atoms with E-state index in [1.165, 1.54) is 12.3 Å². The molecule has 0 radical (unpaired) electrons. The third-order valence-electron chi connectivity index (χ3n) is 5.19. The Labute approximate surface area is 216 Å². The third kappa shape index (κ3) is 5.71. The lowest BCUT2D eigenvalue weighted by Gasteiger charge is -2.11. The first kappa shape index (κ1) is 24.9. The molecule has 4 rings (SSSR count). The topological polar surface area (TPSA) is 96.9 Å². The average molecular weight is 520 g/mol. The molecule has 9 heteroatoms. The van der Waals surface area contributed by atoms with Crippen LogP contribution in [0.3, 0.4) is 0 Å². The predicted octanol–water partition coefficient (Wildman–Crippen LogP) is 5.76. The van der Waals surface area contributed by atoms with E-state index >= 15 is 0 Å². The molecule has 2 amide bonds. The number of anilines is 1. The molecular formula is C27H19Cl2N3O4. The number of halogens is 2. The number of hydrogen-bond donors (Lipinski definition) is 2. The molecule has 0 saturated heterocycles. The number of nitrogens with one attached hydrogen (secondary N) is 2. The molecule has 0 bridgehead atoms. The van der Waals surface area contributed by atoms with Gasteiger partial charge in [-0.25, -0.2) is 10.2 Å². The van der Waals surface area contributed by atoms with Gasteiger partial charge in [-0.2, -0.15) is 5.10 Å². The Bertz CT molecular complexity index is 1500. The Balaban J connectivity index is 1.54. The zero-order valence-electron chi connectivity index (χ0n) is 18.9. The maximum absolute atomic E-state index is 12.7. The molecule has 0 unspecified atom stereocenters. The molecule has 0 spiro atoms. The van der Waals surface area contributed by atoms with Crippen molar-refractivity contribution < 1.29 is 19.1 Å². The van der Waals surface area contributed by atoms with Crippen LogP contribution in [0, 0.1) is 6.92 Å². The molecule has 0 saturated carbocycles. The number of hydrogen-bond acceptors (Lipinski definition) is 5. The standard InChI is InChI=1S/C27H19Cl2N3O4/c1-16-9-11-18(12-10-16)27(35)36-23-14-13-17-5-2-3-6-19(17)20(23)15-30-32-26(34)25(33)31-22-8-4-7-21(28)24(22)29/h2-15H,1H3,(H,31,33)(H,32,34)/b30-15+. The minimum atomic E-state index is -1.03. The highest BCUT2D eigenvalue weighted by molar-refractivity contribution is 6.45. The number of amides is 2.